The van der Waals surface area contributed by atoms with E-state index in [1.807, 2.05) is 25.1 Å². The summed E-state index contributed by atoms with van der Waals surface area (Å²) in [5, 5.41) is 1.35. The zero-order valence-corrected chi connectivity index (χ0v) is 19.8. The molecule has 4 nitrogen and oxygen atoms in total. The number of alkyl halides is 3. The minimum Gasteiger partial charge on any atom is -0.490 e. The van der Waals surface area contributed by atoms with E-state index in [1.165, 1.54) is 12.1 Å². The van der Waals surface area contributed by atoms with Crippen LogP contribution in [0.25, 0.3) is 10.8 Å². The molecule has 1 heterocycles. The van der Waals surface area contributed by atoms with Gasteiger partial charge < -0.3 is 9.47 Å². The van der Waals surface area contributed by atoms with Crippen molar-refractivity contribution < 1.29 is 27.0 Å². The van der Waals surface area contributed by atoms with E-state index in [9.17, 15) is 13.2 Å². The van der Waals surface area contributed by atoms with E-state index in [-0.39, 0.29) is 11.6 Å². The predicted octanol–water partition coefficient (Wildman–Crippen LogP) is 7.03. The maximum atomic E-state index is 15.2. The molecule has 0 atom stereocenters. The van der Waals surface area contributed by atoms with Gasteiger partial charge in [-0.2, -0.15) is 0 Å². The number of nitrogens with zero attached hydrogens (tertiary/aromatic N) is 2. The van der Waals surface area contributed by atoms with Gasteiger partial charge in [0.1, 0.15) is 17.4 Å². The van der Waals surface area contributed by atoms with Crippen LogP contribution in [-0.4, -0.2) is 22.9 Å². The summed E-state index contributed by atoms with van der Waals surface area (Å²) in [5.41, 5.74) is 2.42. The lowest BCUT2D eigenvalue weighted by Gasteiger charge is -2.10. The van der Waals surface area contributed by atoms with Crippen LogP contribution in [0.4, 0.5) is 17.6 Å². The van der Waals surface area contributed by atoms with E-state index in [0.29, 0.717) is 42.6 Å². The van der Waals surface area contributed by atoms with Crippen LogP contribution < -0.4 is 9.47 Å². The Balaban J connectivity index is 1.36. The third-order valence-corrected chi connectivity index (χ3v) is 5.73. The summed E-state index contributed by atoms with van der Waals surface area (Å²) in [6.45, 7) is 2.67. The predicted molar refractivity (Wildman–Crippen MR) is 130 cm³/mol. The standard InChI is InChI=1S/C28H26F4N2O2/c1-2-15-35-24-17-33-26(34-18-24)14-7-20-6-13-25-22(16-20)10-9-21(27(25)29)8-3-19-4-11-23(12-5-19)36-28(30,31)32/h4-6,9-13,16-18H,2-3,7-8,14-15H2,1H3. The van der Waals surface area contributed by atoms with Crippen molar-refractivity contribution in [2.75, 3.05) is 6.61 Å². The lowest BCUT2D eigenvalue weighted by molar-refractivity contribution is -0.274. The lowest BCUT2D eigenvalue weighted by Crippen LogP contribution is -2.17. The first-order valence-electron chi connectivity index (χ1n) is 11.8. The molecule has 0 unspecified atom stereocenters. The second-order valence-electron chi connectivity index (χ2n) is 8.47. The molecule has 0 aliphatic rings. The number of ether oxygens (including phenoxy) is 2. The average molecular weight is 499 g/mol. The number of hydrogen-bond acceptors (Lipinski definition) is 4. The Hall–Kier alpha value is -3.68. The Morgan fingerprint density at radius 3 is 2.17 bits per heavy atom. The van der Waals surface area contributed by atoms with Crippen LogP contribution in [0.15, 0.2) is 67.0 Å². The van der Waals surface area contributed by atoms with Crippen molar-refractivity contribution in [1.82, 2.24) is 9.97 Å². The lowest BCUT2D eigenvalue weighted by atomic mass is 9.98. The number of aryl methyl sites for hydroxylation is 4. The smallest absolute Gasteiger partial charge is 0.490 e. The number of benzene rings is 3. The Morgan fingerprint density at radius 1 is 0.778 bits per heavy atom. The zero-order valence-electron chi connectivity index (χ0n) is 19.8. The molecule has 0 radical (unpaired) electrons. The van der Waals surface area contributed by atoms with Gasteiger partial charge in [-0.1, -0.05) is 49.4 Å². The molecule has 0 saturated carbocycles. The molecule has 0 N–H and O–H groups in total. The summed E-state index contributed by atoms with van der Waals surface area (Å²) in [7, 11) is 0. The summed E-state index contributed by atoms with van der Waals surface area (Å²) in [6, 6.07) is 15.0. The normalized spacial score (nSPS) is 11.6. The Labute approximate surface area is 206 Å². The van der Waals surface area contributed by atoms with Crippen molar-refractivity contribution in [1.29, 1.82) is 0 Å². The molecule has 0 spiro atoms. The molecule has 4 rings (SSSR count). The quantitative estimate of drug-likeness (QED) is 0.220. The first kappa shape index (κ1) is 25.4. The summed E-state index contributed by atoms with van der Waals surface area (Å²) in [5.74, 6) is 0.828. The average Bonchev–Trinajstić information content (AvgIpc) is 2.86. The van der Waals surface area contributed by atoms with Crippen LogP contribution in [0, 0.1) is 5.82 Å². The zero-order chi connectivity index (χ0) is 25.5. The van der Waals surface area contributed by atoms with Crippen LogP contribution in [0.5, 0.6) is 11.5 Å². The summed E-state index contributed by atoms with van der Waals surface area (Å²) >= 11 is 0. The van der Waals surface area contributed by atoms with Crippen molar-refractivity contribution in [2.45, 2.75) is 45.4 Å². The molecule has 0 amide bonds. The van der Waals surface area contributed by atoms with Crippen LogP contribution in [0.1, 0.15) is 35.9 Å². The summed E-state index contributed by atoms with van der Waals surface area (Å²) in [6.07, 6.45) is 1.87. The fourth-order valence-electron chi connectivity index (χ4n) is 3.89. The molecule has 188 valence electrons. The Kier molecular flexibility index (Phi) is 8.03. The van der Waals surface area contributed by atoms with E-state index in [1.54, 1.807) is 36.7 Å². The fourth-order valence-corrected chi connectivity index (χ4v) is 3.89. The first-order valence-corrected chi connectivity index (χ1v) is 11.8. The van der Waals surface area contributed by atoms with Gasteiger partial charge in [0.2, 0.25) is 0 Å². The number of hydrogen-bond donors (Lipinski definition) is 0. The largest absolute Gasteiger partial charge is 0.573 e. The summed E-state index contributed by atoms with van der Waals surface area (Å²) in [4.78, 5) is 8.69. The Morgan fingerprint density at radius 2 is 1.47 bits per heavy atom. The van der Waals surface area contributed by atoms with Gasteiger partial charge in [0.15, 0.2) is 5.75 Å². The van der Waals surface area contributed by atoms with Crippen molar-refractivity contribution in [3.63, 3.8) is 0 Å². The molecule has 3 aromatic carbocycles. The van der Waals surface area contributed by atoms with Crippen molar-refractivity contribution >= 4 is 10.8 Å². The van der Waals surface area contributed by atoms with E-state index >= 15 is 4.39 Å². The second kappa shape index (κ2) is 11.4. The topological polar surface area (TPSA) is 44.2 Å². The molecule has 0 bridgehead atoms. The van der Waals surface area contributed by atoms with Crippen LogP contribution in [0.3, 0.4) is 0 Å². The first-order chi connectivity index (χ1) is 17.3. The molecular weight excluding hydrogens is 472 g/mol. The molecule has 36 heavy (non-hydrogen) atoms. The van der Waals surface area contributed by atoms with Crippen molar-refractivity contribution in [3.8, 4) is 11.5 Å². The molecular formula is C28H26F4N2O2. The number of halogens is 4. The summed E-state index contributed by atoms with van der Waals surface area (Å²) < 4.78 is 61.4. The number of fused-ring (bicyclic) bond motifs is 1. The van der Waals surface area contributed by atoms with Crippen molar-refractivity contribution in [2.24, 2.45) is 0 Å². The van der Waals surface area contributed by atoms with Gasteiger partial charge in [-0.05, 0) is 59.9 Å². The number of rotatable bonds is 10. The van der Waals surface area contributed by atoms with Gasteiger partial charge in [0, 0.05) is 11.8 Å². The fraction of sp³-hybridized carbons (Fsp3) is 0.286. The van der Waals surface area contributed by atoms with Gasteiger partial charge in [-0.3, -0.25) is 0 Å². The highest BCUT2D eigenvalue weighted by Crippen LogP contribution is 2.26. The van der Waals surface area contributed by atoms with Gasteiger partial charge >= 0.3 is 6.36 Å². The van der Waals surface area contributed by atoms with E-state index in [2.05, 4.69) is 14.7 Å². The molecule has 0 aliphatic carbocycles. The van der Waals surface area contributed by atoms with Gasteiger partial charge in [-0.15, -0.1) is 13.2 Å². The van der Waals surface area contributed by atoms with Crippen molar-refractivity contribution in [3.05, 3.63) is 95.3 Å². The van der Waals surface area contributed by atoms with Crippen LogP contribution in [0.2, 0.25) is 0 Å². The van der Waals surface area contributed by atoms with Crippen LogP contribution >= 0.6 is 0 Å². The van der Waals surface area contributed by atoms with Gasteiger partial charge in [0.25, 0.3) is 0 Å². The van der Waals surface area contributed by atoms with Gasteiger partial charge in [-0.25, -0.2) is 14.4 Å². The minimum atomic E-state index is -4.72. The second-order valence-corrected chi connectivity index (χ2v) is 8.47. The molecule has 0 saturated heterocycles. The monoisotopic (exact) mass is 498 g/mol. The molecule has 4 aromatic rings. The van der Waals surface area contributed by atoms with E-state index in [0.717, 1.165) is 35.2 Å². The van der Waals surface area contributed by atoms with E-state index < -0.39 is 6.36 Å². The molecule has 1 aromatic heterocycles. The highest BCUT2D eigenvalue weighted by atomic mass is 19.4. The SMILES string of the molecule is CCCOc1cnc(CCc2ccc3c(F)c(CCc4ccc(OC(F)(F)F)cc4)ccc3c2)nc1. The van der Waals surface area contributed by atoms with Crippen LogP contribution in [-0.2, 0) is 25.7 Å². The highest BCUT2D eigenvalue weighted by Gasteiger charge is 2.30. The maximum Gasteiger partial charge on any atom is 0.573 e. The highest BCUT2D eigenvalue weighted by molar-refractivity contribution is 5.84. The maximum absolute atomic E-state index is 15.2. The molecule has 0 fully saturated rings. The minimum absolute atomic E-state index is 0.275. The third-order valence-electron chi connectivity index (χ3n) is 5.73. The molecule has 8 heteroatoms. The third kappa shape index (κ3) is 6.93. The Bertz CT molecular complexity index is 1290. The van der Waals surface area contributed by atoms with Gasteiger partial charge in [0.05, 0.1) is 19.0 Å². The molecule has 0 aliphatic heterocycles. The van der Waals surface area contributed by atoms with E-state index in [4.69, 9.17) is 4.74 Å². The number of aromatic nitrogens is 2.